The smallest absolute Gasteiger partial charge is 0.336 e. The van der Waals surface area contributed by atoms with Gasteiger partial charge in [0.2, 0.25) is 0 Å². The number of hydrogen-bond acceptors (Lipinski definition) is 4. The molecule has 0 aromatic rings. The summed E-state index contributed by atoms with van der Waals surface area (Å²) in [5.41, 5.74) is 0.763. The van der Waals surface area contributed by atoms with E-state index < -0.39 is 0 Å². The molecule has 1 aliphatic rings. The molecule has 1 rings (SSSR count). The lowest BCUT2D eigenvalue weighted by atomic mass is 9.54. The molecule has 0 unspecified atom stereocenters. The molecule has 0 radical (unpaired) electrons. The summed E-state index contributed by atoms with van der Waals surface area (Å²) in [4.78, 5) is 14.9. The maximum atomic E-state index is 12.4. The molecule has 0 saturated carbocycles. The van der Waals surface area contributed by atoms with Crippen molar-refractivity contribution in [2.24, 2.45) is 10.8 Å². The van der Waals surface area contributed by atoms with Crippen molar-refractivity contribution in [1.29, 1.82) is 0 Å². The zero-order valence-electron chi connectivity index (χ0n) is 17.6. The van der Waals surface area contributed by atoms with Crippen molar-refractivity contribution in [3.05, 3.63) is 10.6 Å². The van der Waals surface area contributed by atoms with Crippen LogP contribution in [0.1, 0.15) is 75.7 Å². The minimum Gasteiger partial charge on any atom is -0.463 e. The number of likely N-dealkylation sites (tertiary alicyclic amines) is 1. The highest BCUT2D eigenvalue weighted by Gasteiger charge is 2.59. The van der Waals surface area contributed by atoms with Gasteiger partial charge in [0.1, 0.15) is 0 Å². The van der Waals surface area contributed by atoms with Crippen molar-refractivity contribution in [1.82, 2.24) is 4.90 Å². The second-order valence-electron chi connectivity index (χ2n) is 9.25. The number of hydrogen-bond donors (Lipinski definition) is 0. The number of carbonyl (C=O) groups excluding carboxylic acids is 1. The van der Waals surface area contributed by atoms with E-state index >= 15 is 0 Å². The maximum Gasteiger partial charge on any atom is 0.336 e. The van der Waals surface area contributed by atoms with Gasteiger partial charge >= 0.3 is 5.97 Å². The first kappa shape index (κ1) is 21.4. The summed E-state index contributed by atoms with van der Waals surface area (Å²) in [7, 11) is 0. The van der Waals surface area contributed by atoms with Gasteiger partial charge in [0.15, 0.2) is 0 Å². The van der Waals surface area contributed by atoms with Crippen LogP contribution in [0.4, 0.5) is 0 Å². The second kappa shape index (κ2) is 6.59. The minimum absolute atomic E-state index is 0.0852. The fraction of sp³-hybridized carbons (Fsp3) is 0.850. The number of rotatable bonds is 4. The summed E-state index contributed by atoms with van der Waals surface area (Å²) in [6.07, 6.45) is 3.19. The van der Waals surface area contributed by atoms with Crippen LogP contribution in [-0.4, -0.2) is 34.8 Å². The lowest BCUT2D eigenvalue weighted by Crippen LogP contribution is -2.70. The predicted molar refractivity (Wildman–Crippen MR) is 105 cm³/mol. The zero-order chi connectivity index (χ0) is 19.1. The fourth-order valence-electron chi connectivity index (χ4n) is 4.09. The van der Waals surface area contributed by atoms with E-state index in [0.717, 1.165) is 11.4 Å². The SMILES string of the molecule is CCOC(=O)/C(C)=C(\SC)N1C(C)(C)C(C)(C)CC(C)(C)C1(C)C. The highest BCUT2D eigenvalue weighted by Crippen LogP contribution is 2.59. The summed E-state index contributed by atoms with van der Waals surface area (Å²) >= 11 is 1.65. The van der Waals surface area contributed by atoms with Gasteiger partial charge in [-0.1, -0.05) is 27.7 Å². The second-order valence-corrected chi connectivity index (χ2v) is 10.0. The fourth-order valence-corrected chi connectivity index (χ4v) is 5.12. The lowest BCUT2D eigenvalue weighted by Gasteiger charge is -2.68. The Morgan fingerprint density at radius 1 is 1.00 bits per heavy atom. The van der Waals surface area contributed by atoms with Gasteiger partial charge in [-0.05, 0) is 65.0 Å². The molecule has 0 spiro atoms. The minimum atomic E-state index is -0.213. The standard InChI is InChI=1S/C20H37NO2S/c1-12-23-16(22)14(2)15(24-11)21-19(7,8)17(3,4)13-18(5,6)20(21,9)10/h12-13H2,1-11H3/b15-14-. The van der Waals surface area contributed by atoms with Gasteiger partial charge < -0.3 is 9.64 Å². The Hall–Kier alpha value is -0.640. The highest BCUT2D eigenvalue weighted by molar-refractivity contribution is 8.02. The van der Waals surface area contributed by atoms with Crippen LogP contribution in [0.5, 0.6) is 0 Å². The molecule has 0 atom stereocenters. The van der Waals surface area contributed by atoms with Crippen molar-refractivity contribution >= 4 is 17.7 Å². The van der Waals surface area contributed by atoms with Gasteiger partial charge in [0, 0.05) is 11.1 Å². The van der Waals surface area contributed by atoms with E-state index in [-0.39, 0.29) is 27.9 Å². The molecule has 0 aromatic carbocycles. The van der Waals surface area contributed by atoms with Crippen molar-refractivity contribution in [2.75, 3.05) is 12.9 Å². The summed E-state index contributed by atoms with van der Waals surface area (Å²) in [5, 5.41) is 1.03. The van der Waals surface area contributed by atoms with Crippen LogP contribution in [0.15, 0.2) is 10.6 Å². The number of ether oxygens (including phenoxy) is 1. The lowest BCUT2D eigenvalue weighted by molar-refractivity contribution is -0.147. The molecule has 4 heteroatoms. The monoisotopic (exact) mass is 355 g/mol. The molecule has 0 aliphatic carbocycles. The van der Waals surface area contributed by atoms with E-state index in [9.17, 15) is 4.79 Å². The Balaban J connectivity index is 3.64. The largest absolute Gasteiger partial charge is 0.463 e. The molecular formula is C20H37NO2S. The first-order valence-corrected chi connectivity index (χ1v) is 10.1. The normalized spacial score (nSPS) is 25.0. The average molecular weight is 356 g/mol. The van der Waals surface area contributed by atoms with Crippen molar-refractivity contribution in [3.8, 4) is 0 Å². The van der Waals surface area contributed by atoms with Crippen molar-refractivity contribution < 1.29 is 9.53 Å². The molecular weight excluding hydrogens is 318 g/mol. The van der Waals surface area contributed by atoms with E-state index in [4.69, 9.17) is 4.74 Å². The van der Waals surface area contributed by atoms with Gasteiger partial charge in [-0.25, -0.2) is 4.79 Å². The Labute approximate surface area is 153 Å². The molecule has 0 bridgehead atoms. The van der Waals surface area contributed by atoms with Gasteiger partial charge in [0.25, 0.3) is 0 Å². The van der Waals surface area contributed by atoms with Gasteiger partial charge in [-0.15, -0.1) is 11.8 Å². The molecule has 0 amide bonds. The Kier molecular flexibility index (Phi) is 5.87. The zero-order valence-corrected chi connectivity index (χ0v) is 18.4. The molecule has 1 saturated heterocycles. The number of carbonyl (C=O) groups is 1. The van der Waals surface area contributed by atoms with Crippen molar-refractivity contribution in [3.63, 3.8) is 0 Å². The van der Waals surface area contributed by atoms with Crippen LogP contribution in [0.3, 0.4) is 0 Å². The Morgan fingerprint density at radius 2 is 1.42 bits per heavy atom. The predicted octanol–water partition coefficient (Wildman–Crippen LogP) is 5.46. The van der Waals surface area contributed by atoms with E-state index in [2.05, 4.69) is 66.5 Å². The molecule has 1 fully saturated rings. The first-order chi connectivity index (χ1) is 10.7. The first-order valence-electron chi connectivity index (χ1n) is 8.89. The molecule has 1 aliphatic heterocycles. The number of piperidine rings is 1. The van der Waals surface area contributed by atoms with Gasteiger partial charge in [0.05, 0.1) is 17.2 Å². The summed E-state index contributed by atoms with van der Waals surface area (Å²) in [6, 6.07) is 0. The van der Waals surface area contributed by atoms with Gasteiger partial charge in [-0.3, -0.25) is 0 Å². The molecule has 1 heterocycles. The molecule has 0 aromatic heterocycles. The van der Waals surface area contributed by atoms with Crippen LogP contribution < -0.4 is 0 Å². The van der Waals surface area contributed by atoms with E-state index in [1.54, 1.807) is 11.8 Å². The third kappa shape index (κ3) is 3.23. The third-order valence-corrected chi connectivity index (χ3v) is 7.49. The highest BCUT2D eigenvalue weighted by atomic mass is 32.2. The Bertz CT molecular complexity index is 504. The Morgan fingerprint density at radius 3 is 1.75 bits per heavy atom. The molecule has 140 valence electrons. The van der Waals surface area contributed by atoms with E-state index in [1.807, 2.05) is 13.8 Å². The van der Waals surface area contributed by atoms with Crippen LogP contribution in [0.2, 0.25) is 0 Å². The molecule has 3 nitrogen and oxygen atoms in total. The summed E-state index contributed by atoms with van der Waals surface area (Å²) in [5.74, 6) is -0.213. The van der Waals surface area contributed by atoms with E-state index in [1.165, 1.54) is 0 Å². The number of thioether (sulfide) groups is 1. The van der Waals surface area contributed by atoms with Crippen LogP contribution >= 0.6 is 11.8 Å². The molecule has 0 N–H and O–H groups in total. The van der Waals surface area contributed by atoms with Crippen molar-refractivity contribution in [2.45, 2.75) is 86.7 Å². The van der Waals surface area contributed by atoms with Gasteiger partial charge in [-0.2, -0.15) is 0 Å². The topological polar surface area (TPSA) is 29.5 Å². The number of esters is 1. The van der Waals surface area contributed by atoms with Crippen LogP contribution in [-0.2, 0) is 9.53 Å². The average Bonchev–Trinajstić information content (AvgIpc) is 2.40. The van der Waals surface area contributed by atoms with E-state index in [0.29, 0.717) is 12.2 Å². The molecule has 24 heavy (non-hydrogen) atoms. The van der Waals surface area contributed by atoms with Crippen LogP contribution in [0, 0.1) is 10.8 Å². The maximum absolute atomic E-state index is 12.4. The quantitative estimate of drug-likeness (QED) is 0.495. The number of nitrogens with zero attached hydrogens (tertiary/aromatic N) is 1. The third-order valence-electron chi connectivity index (χ3n) is 6.61. The van der Waals surface area contributed by atoms with Crippen LogP contribution in [0.25, 0.3) is 0 Å². The summed E-state index contributed by atoms with van der Waals surface area (Å²) in [6.45, 7) is 22.7. The summed E-state index contributed by atoms with van der Waals surface area (Å²) < 4.78 is 5.28.